The topological polar surface area (TPSA) is 43.1 Å². The van der Waals surface area contributed by atoms with E-state index in [1.54, 1.807) is 23.6 Å². The summed E-state index contributed by atoms with van der Waals surface area (Å²) in [5.74, 6) is 0. The molecule has 0 bridgehead atoms. The van der Waals surface area contributed by atoms with E-state index in [0.717, 1.165) is 0 Å². The number of nitro groups is 1. The molecule has 1 aliphatic rings. The van der Waals surface area contributed by atoms with Gasteiger partial charge in [0.25, 0.3) is 5.37 Å². The number of allylic oxidation sites excluding steroid dienone is 2. The fourth-order valence-corrected chi connectivity index (χ4v) is 1.12. The molecular weight excluding hydrogens is 138 g/mol. The minimum absolute atomic E-state index is 0.315. The number of nitrogens with zero attached hydrogens (tertiary/aromatic N) is 1. The zero-order valence-electron chi connectivity index (χ0n) is 4.56. The lowest BCUT2D eigenvalue weighted by molar-refractivity contribution is -0.483. The van der Waals surface area contributed by atoms with Gasteiger partial charge in [0.2, 0.25) is 0 Å². The van der Waals surface area contributed by atoms with Gasteiger partial charge in [-0.05, 0) is 5.41 Å². The van der Waals surface area contributed by atoms with Gasteiger partial charge in [0.1, 0.15) is 0 Å². The first-order valence-corrected chi connectivity index (χ1v) is 3.37. The molecule has 1 heterocycles. The fraction of sp³-hybridized carbons (Fsp3) is 0.200. The molecule has 0 aromatic heterocycles. The minimum atomic E-state index is -0.574. The lowest BCUT2D eigenvalue weighted by atomic mass is 10.5. The van der Waals surface area contributed by atoms with Crippen LogP contribution in [-0.2, 0) is 0 Å². The summed E-state index contributed by atoms with van der Waals surface area (Å²) in [6.45, 7) is 0. The molecule has 0 radical (unpaired) electrons. The first-order valence-electron chi connectivity index (χ1n) is 2.43. The van der Waals surface area contributed by atoms with Crippen molar-refractivity contribution in [3.8, 4) is 0 Å². The first kappa shape index (κ1) is 6.35. The summed E-state index contributed by atoms with van der Waals surface area (Å²) in [4.78, 5) is 9.74. The summed E-state index contributed by atoms with van der Waals surface area (Å²) in [7, 11) is 0. The molecule has 0 spiro atoms. The molecule has 1 rings (SSSR count). The van der Waals surface area contributed by atoms with E-state index in [4.69, 9.17) is 0 Å². The molecule has 48 valence electrons. The predicted octanol–water partition coefficient (Wildman–Crippen LogP) is 1.41. The molecule has 0 N–H and O–H groups in total. The number of thioether (sulfide) groups is 1. The molecule has 1 unspecified atom stereocenters. The molecule has 0 aromatic carbocycles. The highest BCUT2D eigenvalue weighted by Gasteiger charge is 2.15. The number of hydrogen-bond donors (Lipinski definition) is 0. The summed E-state index contributed by atoms with van der Waals surface area (Å²) < 4.78 is 0. The van der Waals surface area contributed by atoms with Gasteiger partial charge in [0, 0.05) is 11.0 Å². The highest BCUT2D eigenvalue weighted by molar-refractivity contribution is 8.02. The molecule has 9 heavy (non-hydrogen) atoms. The lowest BCUT2D eigenvalue weighted by Crippen LogP contribution is -2.11. The van der Waals surface area contributed by atoms with Crippen LogP contribution in [0.25, 0.3) is 0 Å². The maximum atomic E-state index is 10.1. The molecular formula is C5H5NO2S. The van der Waals surface area contributed by atoms with Crippen molar-refractivity contribution in [2.24, 2.45) is 0 Å². The van der Waals surface area contributed by atoms with Gasteiger partial charge < -0.3 is 0 Å². The van der Waals surface area contributed by atoms with Crippen molar-refractivity contribution < 1.29 is 4.92 Å². The van der Waals surface area contributed by atoms with Crippen LogP contribution < -0.4 is 0 Å². The second kappa shape index (κ2) is 2.68. The Kier molecular flexibility index (Phi) is 1.89. The highest BCUT2D eigenvalue weighted by atomic mass is 32.2. The summed E-state index contributed by atoms with van der Waals surface area (Å²) in [6.07, 6.45) is 5.03. The molecule has 1 aliphatic heterocycles. The molecule has 4 heteroatoms. The van der Waals surface area contributed by atoms with E-state index in [0.29, 0.717) is 0 Å². The van der Waals surface area contributed by atoms with Crippen molar-refractivity contribution in [1.29, 1.82) is 0 Å². The Bertz CT molecular complexity index is 176. The van der Waals surface area contributed by atoms with Gasteiger partial charge in [-0.25, -0.2) is 0 Å². The highest BCUT2D eigenvalue weighted by Crippen LogP contribution is 2.17. The number of hydrogen-bond acceptors (Lipinski definition) is 3. The quantitative estimate of drug-likeness (QED) is 0.411. The summed E-state index contributed by atoms with van der Waals surface area (Å²) in [5, 5.41) is 11.2. The number of rotatable bonds is 1. The third-order valence-electron chi connectivity index (χ3n) is 0.891. The largest absolute Gasteiger partial charge is 0.280 e. The zero-order valence-corrected chi connectivity index (χ0v) is 5.38. The van der Waals surface area contributed by atoms with Crippen LogP contribution in [0.5, 0.6) is 0 Å². The van der Waals surface area contributed by atoms with Gasteiger partial charge in [-0.15, -0.1) is 0 Å². The van der Waals surface area contributed by atoms with E-state index >= 15 is 0 Å². The Morgan fingerprint density at radius 1 is 1.56 bits per heavy atom. The normalized spacial score (nSPS) is 24.2. The first-order chi connectivity index (χ1) is 4.30. The summed E-state index contributed by atoms with van der Waals surface area (Å²) >= 11 is 1.20. The van der Waals surface area contributed by atoms with Gasteiger partial charge >= 0.3 is 0 Å². The van der Waals surface area contributed by atoms with Crippen molar-refractivity contribution >= 4 is 11.8 Å². The second-order valence-corrected chi connectivity index (χ2v) is 2.55. The van der Waals surface area contributed by atoms with Gasteiger partial charge in [-0.1, -0.05) is 23.9 Å². The molecule has 0 aliphatic carbocycles. The van der Waals surface area contributed by atoms with Gasteiger partial charge in [0.15, 0.2) is 0 Å². The average molecular weight is 143 g/mol. The van der Waals surface area contributed by atoms with Crippen molar-refractivity contribution in [2.45, 2.75) is 5.37 Å². The molecule has 1 atom stereocenters. The second-order valence-electron chi connectivity index (χ2n) is 1.53. The SMILES string of the molecule is O=[N+]([O-])C1C=CC=CS1. The van der Waals surface area contributed by atoms with E-state index in [-0.39, 0.29) is 4.92 Å². The van der Waals surface area contributed by atoms with E-state index in [9.17, 15) is 10.1 Å². The van der Waals surface area contributed by atoms with Crippen molar-refractivity contribution in [2.75, 3.05) is 0 Å². The van der Waals surface area contributed by atoms with Gasteiger partial charge in [-0.2, -0.15) is 0 Å². The van der Waals surface area contributed by atoms with Gasteiger partial charge in [-0.3, -0.25) is 10.1 Å². The molecule has 0 fully saturated rings. The molecule has 0 saturated carbocycles. The van der Waals surface area contributed by atoms with E-state index in [1.807, 2.05) is 0 Å². The summed E-state index contributed by atoms with van der Waals surface area (Å²) in [6, 6.07) is 0. The van der Waals surface area contributed by atoms with Crippen LogP contribution in [0.4, 0.5) is 0 Å². The van der Waals surface area contributed by atoms with Crippen LogP contribution in [0.15, 0.2) is 23.6 Å². The Morgan fingerprint density at radius 3 is 2.67 bits per heavy atom. The van der Waals surface area contributed by atoms with Crippen molar-refractivity contribution in [3.05, 3.63) is 33.8 Å². The van der Waals surface area contributed by atoms with E-state index in [2.05, 4.69) is 0 Å². The van der Waals surface area contributed by atoms with Crippen LogP contribution in [0, 0.1) is 10.1 Å². The maximum absolute atomic E-state index is 10.1. The predicted molar refractivity (Wildman–Crippen MR) is 36.7 cm³/mol. The molecule has 0 amide bonds. The molecule has 3 nitrogen and oxygen atoms in total. The van der Waals surface area contributed by atoms with Crippen LogP contribution >= 0.6 is 11.8 Å². The Labute approximate surface area is 56.6 Å². The van der Waals surface area contributed by atoms with E-state index < -0.39 is 5.37 Å². The maximum Gasteiger partial charge on any atom is 0.280 e. The lowest BCUT2D eigenvalue weighted by Gasteiger charge is -2.01. The minimum Gasteiger partial charge on any atom is -0.263 e. The molecule has 0 saturated heterocycles. The van der Waals surface area contributed by atoms with Crippen molar-refractivity contribution in [1.82, 2.24) is 0 Å². The van der Waals surface area contributed by atoms with Crippen LogP contribution in [0.1, 0.15) is 0 Å². The third-order valence-corrected chi connectivity index (χ3v) is 1.81. The smallest absolute Gasteiger partial charge is 0.263 e. The Hall–Kier alpha value is -0.770. The van der Waals surface area contributed by atoms with E-state index in [1.165, 1.54) is 11.8 Å². The van der Waals surface area contributed by atoms with Crippen molar-refractivity contribution in [3.63, 3.8) is 0 Å². The van der Waals surface area contributed by atoms with Crippen LogP contribution in [-0.4, -0.2) is 10.3 Å². The van der Waals surface area contributed by atoms with Crippen LogP contribution in [0.3, 0.4) is 0 Å². The Balaban J connectivity index is 2.56. The standard InChI is InChI=1S/C5H5NO2S/c7-6(8)5-3-1-2-4-9-5/h1-5H. The zero-order chi connectivity index (χ0) is 6.69. The fourth-order valence-electron chi connectivity index (χ4n) is 0.496. The molecule has 0 aromatic rings. The Morgan fingerprint density at radius 2 is 2.33 bits per heavy atom. The monoisotopic (exact) mass is 143 g/mol. The average Bonchev–Trinajstić information content (AvgIpc) is 1.90. The third kappa shape index (κ3) is 1.57. The summed E-state index contributed by atoms with van der Waals surface area (Å²) in [5.41, 5.74) is 0. The van der Waals surface area contributed by atoms with Gasteiger partial charge in [0.05, 0.1) is 0 Å². The van der Waals surface area contributed by atoms with Crippen LogP contribution in [0.2, 0.25) is 0 Å².